The Morgan fingerprint density at radius 1 is 0.848 bits per heavy atom. The van der Waals surface area contributed by atoms with Crippen LogP contribution in [0.25, 0.3) is 22.3 Å². The molecule has 0 atom stereocenters. The van der Waals surface area contributed by atoms with E-state index in [-0.39, 0.29) is 17.9 Å². The third-order valence-electron chi connectivity index (χ3n) is 6.03. The van der Waals surface area contributed by atoms with Crippen molar-refractivity contribution in [3.63, 3.8) is 0 Å². The average molecular weight is 437 g/mol. The molecule has 3 heterocycles. The first-order valence-corrected chi connectivity index (χ1v) is 11.2. The van der Waals surface area contributed by atoms with Crippen LogP contribution in [0.3, 0.4) is 0 Å². The van der Waals surface area contributed by atoms with Crippen molar-refractivity contribution in [1.29, 1.82) is 0 Å². The lowest BCUT2D eigenvalue weighted by Gasteiger charge is -2.32. The molecule has 0 spiro atoms. The standard InChI is InChI=1S/C27H24N4O2/c32-26(19-8-2-1-3-9-19)29-20-13-16-31(17-14-20)27(33)22-18-25(24-12-6-7-15-28-24)30-23-11-5-4-10-21(22)23/h1-12,15,18,20H,13-14,16-17H2,(H,29,32). The van der Waals surface area contributed by atoms with Crippen molar-refractivity contribution >= 4 is 22.7 Å². The Morgan fingerprint density at radius 3 is 2.33 bits per heavy atom. The summed E-state index contributed by atoms with van der Waals surface area (Å²) in [7, 11) is 0. The molecule has 1 N–H and O–H groups in total. The molecule has 4 aromatic rings. The van der Waals surface area contributed by atoms with Crippen molar-refractivity contribution in [3.05, 3.63) is 96.2 Å². The van der Waals surface area contributed by atoms with E-state index in [1.54, 1.807) is 6.20 Å². The molecule has 33 heavy (non-hydrogen) atoms. The number of rotatable bonds is 4. The minimum absolute atomic E-state index is 0.0152. The van der Waals surface area contributed by atoms with Gasteiger partial charge in [-0.2, -0.15) is 0 Å². The number of benzene rings is 2. The van der Waals surface area contributed by atoms with E-state index in [2.05, 4.69) is 10.3 Å². The maximum absolute atomic E-state index is 13.5. The molecule has 2 aromatic heterocycles. The normalized spacial score (nSPS) is 14.2. The van der Waals surface area contributed by atoms with Crippen molar-refractivity contribution in [1.82, 2.24) is 20.2 Å². The molecule has 1 fully saturated rings. The second-order valence-corrected chi connectivity index (χ2v) is 8.19. The minimum Gasteiger partial charge on any atom is -0.349 e. The Hall–Kier alpha value is -4.06. The Labute approximate surface area is 192 Å². The summed E-state index contributed by atoms with van der Waals surface area (Å²) in [6.07, 6.45) is 3.17. The van der Waals surface area contributed by atoms with Crippen LogP contribution in [0.2, 0.25) is 0 Å². The number of piperidine rings is 1. The number of fused-ring (bicyclic) bond motifs is 1. The van der Waals surface area contributed by atoms with Crippen LogP contribution < -0.4 is 5.32 Å². The summed E-state index contributed by atoms with van der Waals surface area (Å²) < 4.78 is 0. The first-order valence-electron chi connectivity index (χ1n) is 11.2. The van der Waals surface area contributed by atoms with Gasteiger partial charge in [-0.15, -0.1) is 0 Å². The lowest BCUT2D eigenvalue weighted by atomic mass is 10.0. The number of nitrogens with one attached hydrogen (secondary N) is 1. The summed E-state index contributed by atoms with van der Waals surface area (Å²) in [5.74, 6) is -0.0841. The number of hydrogen-bond acceptors (Lipinski definition) is 4. The number of pyridine rings is 2. The van der Waals surface area contributed by atoms with Crippen molar-refractivity contribution in [2.24, 2.45) is 0 Å². The Balaban J connectivity index is 1.34. The first kappa shape index (κ1) is 20.8. The van der Waals surface area contributed by atoms with Gasteiger partial charge < -0.3 is 10.2 Å². The number of nitrogens with zero attached hydrogens (tertiary/aromatic N) is 3. The molecule has 5 rings (SSSR count). The van der Waals surface area contributed by atoms with Gasteiger partial charge in [0.15, 0.2) is 0 Å². The quantitative estimate of drug-likeness (QED) is 0.517. The Morgan fingerprint density at radius 2 is 1.58 bits per heavy atom. The molecule has 0 saturated carbocycles. The summed E-state index contributed by atoms with van der Waals surface area (Å²) >= 11 is 0. The molecular weight excluding hydrogens is 412 g/mol. The summed E-state index contributed by atoms with van der Waals surface area (Å²) in [6.45, 7) is 1.18. The molecule has 6 heteroatoms. The lowest BCUT2D eigenvalue weighted by molar-refractivity contribution is 0.0700. The van der Waals surface area contributed by atoms with Gasteiger partial charge in [-0.25, -0.2) is 4.98 Å². The fraction of sp³-hybridized carbons (Fsp3) is 0.185. The van der Waals surface area contributed by atoms with Gasteiger partial charge in [0.25, 0.3) is 11.8 Å². The van der Waals surface area contributed by atoms with E-state index in [0.29, 0.717) is 29.9 Å². The highest BCUT2D eigenvalue weighted by Gasteiger charge is 2.26. The molecule has 164 valence electrons. The third-order valence-corrected chi connectivity index (χ3v) is 6.03. The predicted molar refractivity (Wildman–Crippen MR) is 128 cm³/mol. The summed E-state index contributed by atoms with van der Waals surface area (Å²) in [4.78, 5) is 37.0. The highest BCUT2D eigenvalue weighted by atomic mass is 16.2. The fourth-order valence-electron chi connectivity index (χ4n) is 4.25. The van der Waals surface area contributed by atoms with E-state index >= 15 is 0 Å². The highest BCUT2D eigenvalue weighted by Crippen LogP contribution is 2.26. The van der Waals surface area contributed by atoms with Gasteiger partial charge in [-0.3, -0.25) is 14.6 Å². The maximum Gasteiger partial charge on any atom is 0.254 e. The SMILES string of the molecule is O=C(NC1CCN(C(=O)c2cc(-c3ccccn3)nc3ccccc23)CC1)c1ccccc1. The molecule has 0 bridgehead atoms. The van der Waals surface area contributed by atoms with Crippen molar-refractivity contribution in [2.45, 2.75) is 18.9 Å². The van der Waals surface area contributed by atoms with Gasteiger partial charge in [0, 0.05) is 36.3 Å². The van der Waals surface area contributed by atoms with Crippen LogP contribution >= 0.6 is 0 Å². The topological polar surface area (TPSA) is 75.2 Å². The Bertz CT molecular complexity index is 1280. The summed E-state index contributed by atoms with van der Waals surface area (Å²) in [5, 5.41) is 3.93. The zero-order valence-corrected chi connectivity index (χ0v) is 18.1. The lowest BCUT2D eigenvalue weighted by Crippen LogP contribution is -2.46. The van der Waals surface area contributed by atoms with Gasteiger partial charge in [-0.05, 0) is 49.2 Å². The largest absolute Gasteiger partial charge is 0.349 e. The molecule has 0 unspecified atom stereocenters. The van der Waals surface area contributed by atoms with Gasteiger partial charge in [-0.1, -0.05) is 42.5 Å². The van der Waals surface area contributed by atoms with E-state index in [9.17, 15) is 9.59 Å². The van der Waals surface area contributed by atoms with Crippen molar-refractivity contribution in [3.8, 4) is 11.4 Å². The Kier molecular flexibility index (Phi) is 5.81. The van der Waals surface area contributed by atoms with Crippen LogP contribution in [-0.4, -0.2) is 45.8 Å². The van der Waals surface area contributed by atoms with Crippen LogP contribution in [0.5, 0.6) is 0 Å². The molecule has 2 amide bonds. The predicted octanol–water partition coefficient (Wildman–Crippen LogP) is 4.33. The van der Waals surface area contributed by atoms with Crippen LogP contribution in [0.1, 0.15) is 33.6 Å². The zero-order chi connectivity index (χ0) is 22.6. The minimum atomic E-state index is -0.0690. The van der Waals surface area contributed by atoms with Crippen molar-refractivity contribution < 1.29 is 9.59 Å². The molecule has 6 nitrogen and oxygen atoms in total. The smallest absolute Gasteiger partial charge is 0.254 e. The van der Waals surface area contributed by atoms with Crippen LogP contribution in [0.4, 0.5) is 0 Å². The monoisotopic (exact) mass is 436 g/mol. The highest BCUT2D eigenvalue weighted by molar-refractivity contribution is 6.07. The van der Waals surface area contributed by atoms with Gasteiger partial charge in [0.1, 0.15) is 0 Å². The first-order chi connectivity index (χ1) is 16.2. The number of likely N-dealkylation sites (tertiary alicyclic amines) is 1. The molecule has 1 aliphatic rings. The summed E-state index contributed by atoms with van der Waals surface area (Å²) in [6, 6.07) is 24.5. The van der Waals surface area contributed by atoms with Gasteiger partial charge in [0.05, 0.1) is 22.5 Å². The second-order valence-electron chi connectivity index (χ2n) is 8.19. The van der Waals surface area contributed by atoms with E-state index in [0.717, 1.165) is 29.4 Å². The third kappa shape index (κ3) is 4.46. The zero-order valence-electron chi connectivity index (χ0n) is 18.1. The van der Waals surface area contributed by atoms with Crippen LogP contribution in [0.15, 0.2) is 85.1 Å². The second kappa shape index (κ2) is 9.20. The number of aromatic nitrogens is 2. The van der Waals surface area contributed by atoms with Gasteiger partial charge in [0.2, 0.25) is 0 Å². The number of carbonyl (C=O) groups is 2. The van der Waals surface area contributed by atoms with Crippen LogP contribution in [-0.2, 0) is 0 Å². The molecule has 0 radical (unpaired) electrons. The number of hydrogen-bond donors (Lipinski definition) is 1. The molecule has 1 saturated heterocycles. The van der Waals surface area contributed by atoms with E-state index in [1.165, 1.54) is 0 Å². The van der Waals surface area contributed by atoms with E-state index < -0.39 is 0 Å². The van der Waals surface area contributed by atoms with Crippen molar-refractivity contribution in [2.75, 3.05) is 13.1 Å². The molecule has 2 aromatic carbocycles. The number of carbonyl (C=O) groups excluding carboxylic acids is 2. The maximum atomic E-state index is 13.5. The summed E-state index contributed by atoms with van der Waals surface area (Å²) in [5.41, 5.74) is 3.48. The molecular formula is C27H24N4O2. The van der Waals surface area contributed by atoms with Gasteiger partial charge >= 0.3 is 0 Å². The van der Waals surface area contributed by atoms with Crippen LogP contribution in [0, 0.1) is 0 Å². The van der Waals surface area contributed by atoms with E-state index in [4.69, 9.17) is 4.98 Å². The average Bonchev–Trinajstić information content (AvgIpc) is 2.89. The van der Waals surface area contributed by atoms with E-state index in [1.807, 2.05) is 83.8 Å². The fourth-order valence-corrected chi connectivity index (χ4v) is 4.25. The number of para-hydroxylation sites is 1. The molecule has 0 aliphatic carbocycles. The molecule has 1 aliphatic heterocycles. The number of amides is 2.